The number of carboxylic acid groups (broad SMARTS) is 1. The fourth-order valence-corrected chi connectivity index (χ4v) is 0.728. The highest BCUT2D eigenvalue weighted by atomic mass is 16.4. The first-order valence-corrected chi connectivity index (χ1v) is 4.21. The number of phenols is 3. The second-order valence-electron chi connectivity index (χ2n) is 3.08. The molecule has 88 valence electrons. The number of benzene rings is 1. The van der Waals surface area contributed by atoms with Crippen molar-refractivity contribution in [1.29, 1.82) is 0 Å². The van der Waals surface area contributed by atoms with Crippen molar-refractivity contribution in [3.8, 4) is 17.2 Å². The molecule has 0 aliphatic rings. The Bertz CT molecular complexity index is 383. The highest BCUT2D eigenvalue weighted by Gasteiger charge is 2.11. The number of ketones is 1. The fourth-order valence-electron chi connectivity index (χ4n) is 0.728. The Labute approximate surface area is 91.4 Å². The van der Waals surface area contributed by atoms with E-state index in [1.54, 1.807) is 0 Å². The van der Waals surface area contributed by atoms with Gasteiger partial charge in [0.25, 0.3) is 0 Å². The van der Waals surface area contributed by atoms with Crippen LogP contribution in [-0.4, -0.2) is 32.2 Å². The van der Waals surface area contributed by atoms with Gasteiger partial charge in [0.2, 0.25) is 0 Å². The van der Waals surface area contributed by atoms with Gasteiger partial charge in [-0.1, -0.05) is 0 Å². The van der Waals surface area contributed by atoms with Crippen molar-refractivity contribution in [1.82, 2.24) is 0 Å². The van der Waals surface area contributed by atoms with Gasteiger partial charge in [0.05, 0.1) is 5.56 Å². The molecule has 1 aromatic carbocycles. The third-order valence-corrected chi connectivity index (χ3v) is 1.32. The molecule has 0 aliphatic heterocycles. The van der Waals surface area contributed by atoms with Gasteiger partial charge in [0.15, 0.2) is 17.2 Å². The number of rotatable bonds is 1. The monoisotopic (exact) mass is 228 g/mol. The minimum absolute atomic E-state index is 0.167. The van der Waals surface area contributed by atoms with E-state index < -0.39 is 23.2 Å². The molecule has 16 heavy (non-hydrogen) atoms. The maximum atomic E-state index is 10.3. The lowest BCUT2D eigenvalue weighted by atomic mass is 10.2. The van der Waals surface area contributed by atoms with Crippen molar-refractivity contribution < 1.29 is 30.0 Å². The van der Waals surface area contributed by atoms with Crippen LogP contribution >= 0.6 is 0 Å². The van der Waals surface area contributed by atoms with Gasteiger partial charge in [-0.05, 0) is 26.0 Å². The molecule has 0 heterocycles. The molecular formula is C10H12O6. The van der Waals surface area contributed by atoms with Gasteiger partial charge in [-0.25, -0.2) is 4.79 Å². The summed E-state index contributed by atoms with van der Waals surface area (Å²) in [6.45, 7) is 3.06. The topological polar surface area (TPSA) is 115 Å². The van der Waals surface area contributed by atoms with Gasteiger partial charge in [0.1, 0.15) is 5.78 Å². The quantitative estimate of drug-likeness (QED) is 0.535. The highest BCUT2D eigenvalue weighted by molar-refractivity contribution is 5.89. The lowest BCUT2D eigenvalue weighted by molar-refractivity contribution is -0.115. The summed E-state index contributed by atoms with van der Waals surface area (Å²) < 4.78 is 0. The molecule has 1 aromatic rings. The van der Waals surface area contributed by atoms with Gasteiger partial charge in [-0.15, -0.1) is 0 Å². The van der Waals surface area contributed by atoms with Gasteiger partial charge >= 0.3 is 5.97 Å². The Hall–Kier alpha value is -2.24. The van der Waals surface area contributed by atoms with Crippen LogP contribution in [0.15, 0.2) is 12.1 Å². The summed E-state index contributed by atoms with van der Waals surface area (Å²) in [5, 5.41) is 35.0. The molecule has 0 atom stereocenters. The first-order valence-electron chi connectivity index (χ1n) is 4.21. The molecule has 0 aromatic heterocycles. The average Bonchev–Trinajstić information content (AvgIpc) is 2.12. The Morgan fingerprint density at radius 2 is 1.31 bits per heavy atom. The van der Waals surface area contributed by atoms with Crippen LogP contribution in [0.1, 0.15) is 24.2 Å². The van der Waals surface area contributed by atoms with Crippen LogP contribution in [0.25, 0.3) is 0 Å². The Morgan fingerprint density at radius 1 is 1.00 bits per heavy atom. The molecule has 0 amide bonds. The molecule has 0 fully saturated rings. The lowest BCUT2D eigenvalue weighted by Gasteiger charge is -2.01. The van der Waals surface area contributed by atoms with E-state index >= 15 is 0 Å². The standard InChI is InChI=1S/C7H6O5.C3H6O/c8-4-1-3(7(11)12)2-5(9)6(4)10;1-3(2)4/h1-2,8-10H,(H,11,12);1-2H3. The summed E-state index contributed by atoms with van der Waals surface area (Å²) in [5.74, 6) is -3.17. The smallest absolute Gasteiger partial charge is 0.335 e. The van der Waals surface area contributed by atoms with E-state index in [0.717, 1.165) is 12.1 Å². The SMILES string of the molecule is CC(C)=O.O=C(O)c1cc(O)c(O)c(O)c1. The maximum Gasteiger partial charge on any atom is 0.335 e. The molecule has 0 saturated heterocycles. The number of aromatic carboxylic acids is 1. The number of phenolic OH excluding ortho intramolecular Hbond substituents is 3. The van der Waals surface area contributed by atoms with Crippen LogP contribution in [-0.2, 0) is 4.79 Å². The summed E-state index contributed by atoms with van der Waals surface area (Å²) in [7, 11) is 0. The zero-order valence-corrected chi connectivity index (χ0v) is 8.76. The Morgan fingerprint density at radius 3 is 1.56 bits per heavy atom. The number of carbonyl (C=O) groups excluding carboxylic acids is 1. The molecule has 0 spiro atoms. The molecule has 0 bridgehead atoms. The summed E-state index contributed by atoms with van der Waals surface area (Å²) in [4.78, 5) is 19.8. The average molecular weight is 228 g/mol. The second-order valence-corrected chi connectivity index (χ2v) is 3.08. The largest absolute Gasteiger partial charge is 0.504 e. The number of Topliss-reactive ketones (excluding diaryl/α,β-unsaturated/α-hetero) is 1. The molecule has 0 aliphatic carbocycles. The van der Waals surface area contributed by atoms with Crippen LogP contribution in [0.3, 0.4) is 0 Å². The first-order chi connectivity index (χ1) is 7.25. The number of hydrogen-bond donors (Lipinski definition) is 4. The zero-order valence-electron chi connectivity index (χ0n) is 8.76. The van der Waals surface area contributed by atoms with Gasteiger partial charge in [-0.3, -0.25) is 0 Å². The van der Waals surface area contributed by atoms with E-state index in [-0.39, 0.29) is 11.3 Å². The summed E-state index contributed by atoms with van der Waals surface area (Å²) in [6.07, 6.45) is 0. The molecule has 4 N–H and O–H groups in total. The maximum absolute atomic E-state index is 10.3. The van der Waals surface area contributed by atoms with E-state index in [2.05, 4.69) is 0 Å². The second kappa shape index (κ2) is 5.59. The predicted molar refractivity (Wildman–Crippen MR) is 54.8 cm³/mol. The van der Waals surface area contributed by atoms with Crippen molar-refractivity contribution >= 4 is 11.8 Å². The van der Waals surface area contributed by atoms with Crippen LogP contribution in [0.2, 0.25) is 0 Å². The van der Waals surface area contributed by atoms with Crippen LogP contribution in [0.4, 0.5) is 0 Å². The molecule has 0 saturated carbocycles. The Balaban J connectivity index is 0.000000487. The third-order valence-electron chi connectivity index (χ3n) is 1.32. The van der Waals surface area contributed by atoms with E-state index in [9.17, 15) is 9.59 Å². The molecule has 1 rings (SSSR count). The van der Waals surface area contributed by atoms with Crippen LogP contribution in [0, 0.1) is 0 Å². The van der Waals surface area contributed by atoms with Crippen molar-refractivity contribution in [3.63, 3.8) is 0 Å². The van der Waals surface area contributed by atoms with E-state index in [1.165, 1.54) is 13.8 Å². The van der Waals surface area contributed by atoms with Gasteiger partial charge in [0, 0.05) is 0 Å². The number of carbonyl (C=O) groups is 2. The number of carboxylic acids is 1. The molecule has 0 unspecified atom stereocenters. The van der Waals surface area contributed by atoms with Gasteiger partial charge < -0.3 is 25.2 Å². The van der Waals surface area contributed by atoms with E-state index in [0.29, 0.717) is 0 Å². The Kier molecular flexibility index (Phi) is 4.81. The fraction of sp³-hybridized carbons (Fsp3) is 0.200. The van der Waals surface area contributed by atoms with Gasteiger partial charge in [-0.2, -0.15) is 0 Å². The minimum atomic E-state index is -1.29. The molecular weight excluding hydrogens is 216 g/mol. The van der Waals surface area contributed by atoms with Crippen LogP contribution in [0.5, 0.6) is 17.2 Å². The third kappa shape index (κ3) is 4.32. The molecule has 0 radical (unpaired) electrons. The van der Waals surface area contributed by atoms with Crippen LogP contribution < -0.4 is 0 Å². The summed E-state index contributed by atoms with van der Waals surface area (Å²) in [5.41, 5.74) is -0.289. The molecule has 6 nitrogen and oxygen atoms in total. The number of aromatic hydroxyl groups is 3. The van der Waals surface area contributed by atoms with E-state index in [4.69, 9.17) is 20.4 Å². The summed E-state index contributed by atoms with van der Waals surface area (Å²) >= 11 is 0. The van der Waals surface area contributed by atoms with E-state index in [1.807, 2.05) is 0 Å². The summed E-state index contributed by atoms with van der Waals surface area (Å²) in [6, 6.07) is 1.69. The number of hydrogen-bond acceptors (Lipinski definition) is 5. The zero-order chi connectivity index (χ0) is 12.9. The normalized spacial score (nSPS) is 8.88. The van der Waals surface area contributed by atoms with Crippen molar-refractivity contribution in [2.24, 2.45) is 0 Å². The van der Waals surface area contributed by atoms with Crippen molar-refractivity contribution in [3.05, 3.63) is 17.7 Å². The first kappa shape index (κ1) is 13.8. The lowest BCUT2D eigenvalue weighted by Crippen LogP contribution is -1.95. The van der Waals surface area contributed by atoms with Crippen molar-refractivity contribution in [2.75, 3.05) is 0 Å². The minimum Gasteiger partial charge on any atom is -0.504 e. The predicted octanol–water partition coefficient (Wildman–Crippen LogP) is 1.10. The van der Waals surface area contributed by atoms with Crippen molar-refractivity contribution in [2.45, 2.75) is 13.8 Å². The molecule has 6 heteroatoms. The highest BCUT2D eigenvalue weighted by Crippen LogP contribution is 2.35.